The summed E-state index contributed by atoms with van der Waals surface area (Å²) in [6, 6.07) is 0. The molecule has 0 spiro atoms. The van der Waals surface area contributed by atoms with Crippen LogP contribution in [0.25, 0.3) is 0 Å². The first-order chi connectivity index (χ1) is 5.65. The smallest absolute Gasteiger partial charge is 0.300 e. The molecule has 0 radical (unpaired) electrons. The van der Waals surface area contributed by atoms with Crippen LogP contribution in [0.3, 0.4) is 0 Å². The Morgan fingerprint density at radius 1 is 1.50 bits per heavy atom. The second-order valence-corrected chi connectivity index (χ2v) is 1.95. The molecule has 0 aromatic heterocycles. The average molecular weight is 172 g/mol. The lowest BCUT2D eigenvalue weighted by Gasteiger charge is -1.81. The van der Waals surface area contributed by atoms with E-state index in [1.807, 2.05) is 6.08 Å². The third-order valence-corrected chi connectivity index (χ3v) is 0.762. The van der Waals surface area contributed by atoms with Crippen LogP contribution in [0, 0.1) is 0 Å². The Balaban J connectivity index is -0.000000118. The lowest BCUT2D eigenvalue weighted by molar-refractivity contribution is -0.134. The predicted molar refractivity (Wildman–Crippen MR) is 54.3 cm³/mol. The number of hydrogen-bond donors (Lipinski definition) is 1. The van der Waals surface area contributed by atoms with Gasteiger partial charge < -0.3 is 5.11 Å². The maximum absolute atomic E-state index is 9.00. The van der Waals surface area contributed by atoms with Crippen molar-refractivity contribution < 1.29 is 9.90 Å². The molecule has 0 aliphatic carbocycles. The fourth-order valence-corrected chi connectivity index (χ4v) is 0.348. The highest BCUT2D eigenvalue weighted by Gasteiger charge is 1.71. The molecule has 0 aromatic carbocycles. The summed E-state index contributed by atoms with van der Waals surface area (Å²) < 4.78 is 0. The van der Waals surface area contributed by atoms with Crippen molar-refractivity contribution in [3.05, 3.63) is 25.8 Å². The number of carboxylic acid groups (broad SMARTS) is 1. The SMILES string of the molecule is C=C.C=CCCCC.CC(=O)O. The highest BCUT2D eigenvalue weighted by molar-refractivity contribution is 5.62. The van der Waals surface area contributed by atoms with E-state index in [1.165, 1.54) is 19.3 Å². The fraction of sp³-hybridized carbons (Fsp3) is 0.500. The zero-order chi connectivity index (χ0) is 10.4. The van der Waals surface area contributed by atoms with Gasteiger partial charge in [0.25, 0.3) is 5.97 Å². The number of rotatable bonds is 3. The Morgan fingerprint density at radius 3 is 1.92 bits per heavy atom. The van der Waals surface area contributed by atoms with Gasteiger partial charge in [-0.25, -0.2) is 0 Å². The predicted octanol–water partition coefficient (Wildman–Crippen LogP) is 3.26. The average Bonchev–Trinajstić information content (AvgIpc) is 2.04. The lowest BCUT2D eigenvalue weighted by atomic mass is 10.3. The van der Waals surface area contributed by atoms with E-state index >= 15 is 0 Å². The minimum absolute atomic E-state index is 0.833. The summed E-state index contributed by atoms with van der Waals surface area (Å²) in [7, 11) is 0. The van der Waals surface area contributed by atoms with Gasteiger partial charge in [-0.2, -0.15) is 0 Å². The van der Waals surface area contributed by atoms with Crippen LogP contribution >= 0.6 is 0 Å². The van der Waals surface area contributed by atoms with E-state index in [-0.39, 0.29) is 0 Å². The van der Waals surface area contributed by atoms with Crippen LogP contribution in [0.2, 0.25) is 0 Å². The van der Waals surface area contributed by atoms with Gasteiger partial charge in [-0.3, -0.25) is 4.79 Å². The molecule has 2 nitrogen and oxygen atoms in total. The topological polar surface area (TPSA) is 37.3 Å². The molecule has 2 heteroatoms. The highest BCUT2D eigenvalue weighted by Crippen LogP contribution is 1.91. The minimum Gasteiger partial charge on any atom is -0.481 e. The van der Waals surface area contributed by atoms with E-state index in [4.69, 9.17) is 9.90 Å². The zero-order valence-electron chi connectivity index (χ0n) is 8.18. The van der Waals surface area contributed by atoms with Crippen molar-refractivity contribution in [1.82, 2.24) is 0 Å². The molecule has 0 amide bonds. The van der Waals surface area contributed by atoms with Gasteiger partial charge in [-0.15, -0.1) is 19.7 Å². The molecule has 0 heterocycles. The fourth-order valence-electron chi connectivity index (χ4n) is 0.348. The molecule has 0 bridgehead atoms. The summed E-state index contributed by atoms with van der Waals surface area (Å²) >= 11 is 0. The van der Waals surface area contributed by atoms with E-state index in [1.54, 1.807) is 0 Å². The number of aliphatic carboxylic acids is 1. The van der Waals surface area contributed by atoms with E-state index < -0.39 is 5.97 Å². The molecule has 0 aromatic rings. The lowest BCUT2D eigenvalue weighted by Crippen LogP contribution is -1.78. The molecule has 0 aliphatic heterocycles. The molecule has 0 fully saturated rings. The summed E-state index contributed by atoms with van der Waals surface area (Å²) in [6.07, 6.45) is 5.72. The summed E-state index contributed by atoms with van der Waals surface area (Å²) in [5.74, 6) is -0.833. The Morgan fingerprint density at radius 2 is 1.83 bits per heavy atom. The molecule has 72 valence electrons. The molecule has 0 rings (SSSR count). The largest absolute Gasteiger partial charge is 0.481 e. The molecule has 0 atom stereocenters. The van der Waals surface area contributed by atoms with Crippen molar-refractivity contribution in [3.8, 4) is 0 Å². The van der Waals surface area contributed by atoms with Crippen molar-refractivity contribution >= 4 is 5.97 Å². The molecule has 0 saturated carbocycles. The van der Waals surface area contributed by atoms with E-state index in [0.717, 1.165) is 6.92 Å². The van der Waals surface area contributed by atoms with Gasteiger partial charge >= 0.3 is 0 Å². The van der Waals surface area contributed by atoms with E-state index in [0.29, 0.717) is 0 Å². The van der Waals surface area contributed by atoms with Crippen LogP contribution in [0.1, 0.15) is 33.1 Å². The highest BCUT2D eigenvalue weighted by atomic mass is 16.4. The van der Waals surface area contributed by atoms with Gasteiger partial charge in [0.1, 0.15) is 0 Å². The monoisotopic (exact) mass is 172 g/mol. The number of hydrogen-bond acceptors (Lipinski definition) is 1. The summed E-state index contributed by atoms with van der Waals surface area (Å²) in [5.41, 5.74) is 0. The van der Waals surface area contributed by atoms with Crippen molar-refractivity contribution in [1.29, 1.82) is 0 Å². The number of allylic oxidation sites excluding steroid dienone is 1. The Bertz CT molecular complexity index is 94.0. The third-order valence-electron chi connectivity index (χ3n) is 0.762. The Hall–Kier alpha value is -1.05. The normalized spacial score (nSPS) is 6.50. The van der Waals surface area contributed by atoms with Crippen molar-refractivity contribution in [2.75, 3.05) is 0 Å². The van der Waals surface area contributed by atoms with Gasteiger partial charge in [0.15, 0.2) is 0 Å². The molecule has 12 heavy (non-hydrogen) atoms. The van der Waals surface area contributed by atoms with Gasteiger partial charge in [-0.1, -0.05) is 25.8 Å². The van der Waals surface area contributed by atoms with Gasteiger partial charge in [-0.05, 0) is 6.42 Å². The van der Waals surface area contributed by atoms with E-state index in [9.17, 15) is 0 Å². The van der Waals surface area contributed by atoms with E-state index in [2.05, 4.69) is 26.7 Å². The molecule has 0 saturated heterocycles. The second kappa shape index (κ2) is 22.5. The number of carbonyl (C=O) groups is 1. The molecular weight excluding hydrogens is 152 g/mol. The maximum Gasteiger partial charge on any atom is 0.300 e. The zero-order valence-corrected chi connectivity index (χ0v) is 8.18. The number of unbranched alkanes of at least 4 members (excludes halogenated alkanes) is 2. The quantitative estimate of drug-likeness (QED) is 0.524. The first-order valence-corrected chi connectivity index (χ1v) is 3.95. The molecular formula is C10H20O2. The van der Waals surface area contributed by atoms with Crippen LogP contribution in [0.15, 0.2) is 25.8 Å². The number of carboxylic acids is 1. The standard InChI is InChI=1S/C6H12.C2H4O2.C2H4/c1-3-5-6-4-2;1-2(3)4;1-2/h3H,1,4-6H2,2H3;1H3,(H,3,4);1-2H2. The summed E-state index contributed by atoms with van der Waals surface area (Å²) in [5, 5.41) is 7.42. The van der Waals surface area contributed by atoms with Crippen LogP contribution in [-0.4, -0.2) is 11.1 Å². The molecule has 0 aliphatic rings. The Labute approximate surface area is 75.6 Å². The minimum atomic E-state index is -0.833. The van der Waals surface area contributed by atoms with Gasteiger partial charge in [0.2, 0.25) is 0 Å². The van der Waals surface area contributed by atoms with Crippen LogP contribution in [0.4, 0.5) is 0 Å². The summed E-state index contributed by atoms with van der Waals surface area (Å²) in [6.45, 7) is 12.9. The van der Waals surface area contributed by atoms with Crippen molar-refractivity contribution in [2.24, 2.45) is 0 Å². The van der Waals surface area contributed by atoms with Gasteiger partial charge in [0, 0.05) is 6.92 Å². The molecule has 0 unspecified atom stereocenters. The van der Waals surface area contributed by atoms with Crippen LogP contribution < -0.4 is 0 Å². The maximum atomic E-state index is 9.00. The first-order valence-electron chi connectivity index (χ1n) is 3.95. The van der Waals surface area contributed by atoms with Crippen molar-refractivity contribution in [3.63, 3.8) is 0 Å². The third kappa shape index (κ3) is 149. The van der Waals surface area contributed by atoms with Crippen LogP contribution in [-0.2, 0) is 4.79 Å². The summed E-state index contributed by atoms with van der Waals surface area (Å²) in [4.78, 5) is 9.00. The first kappa shape index (κ1) is 17.2. The van der Waals surface area contributed by atoms with Crippen molar-refractivity contribution in [2.45, 2.75) is 33.1 Å². The Kier molecular flexibility index (Phi) is 32.2. The van der Waals surface area contributed by atoms with Gasteiger partial charge in [0.05, 0.1) is 0 Å². The second-order valence-electron chi connectivity index (χ2n) is 1.95. The van der Waals surface area contributed by atoms with Crippen LogP contribution in [0.5, 0.6) is 0 Å². The molecule has 1 N–H and O–H groups in total.